The van der Waals surface area contributed by atoms with Crippen LogP contribution in [0.15, 0.2) is 0 Å². The lowest BCUT2D eigenvalue weighted by molar-refractivity contribution is -0.179. The van der Waals surface area contributed by atoms with Gasteiger partial charge < -0.3 is 9.64 Å². The maximum Gasteiger partial charge on any atom is 0.391 e. The number of ether oxygens (including phenoxy) is 1. The van der Waals surface area contributed by atoms with E-state index in [9.17, 15) is 18.0 Å². The van der Waals surface area contributed by atoms with Gasteiger partial charge in [0.1, 0.15) is 0 Å². The van der Waals surface area contributed by atoms with E-state index in [2.05, 4.69) is 4.98 Å². The zero-order chi connectivity index (χ0) is 15.6. The second kappa shape index (κ2) is 6.21. The van der Waals surface area contributed by atoms with Crippen molar-refractivity contribution in [3.63, 3.8) is 0 Å². The van der Waals surface area contributed by atoms with Crippen molar-refractivity contribution in [2.45, 2.75) is 39.3 Å². The van der Waals surface area contributed by atoms with Gasteiger partial charge in [0.15, 0.2) is 5.13 Å². The molecule has 0 aromatic carbocycles. The number of piperidine rings is 1. The highest BCUT2D eigenvalue weighted by molar-refractivity contribution is 7.15. The molecule has 1 aliphatic rings. The van der Waals surface area contributed by atoms with E-state index < -0.39 is 12.1 Å². The fraction of sp³-hybridized carbons (Fsp3) is 0.692. The molecule has 0 unspecified atom stereocenters. The number of aryl methyl sites for hydroxylation is 1. The molecule has 0 aliphatic carbocycles. The van der Waals surface area contributed by atoms with Crippen molar-refractivity contribution in [1.82, 2.24) is 4.98 Å². The van der Waals surface area contributed by atoms with Gasteiger partial charge in [-0.15, -0.1) is 0 Å². The molecule has 1 aromatic heterocycles. The van der Waals surface area contributed by atoms with Crippen LogP contribution in [0, 0.1) is 12.8 Å². The molecule has 21 heavy (non-hydrogen) atoms. The van der Waals surface area contributed by atoms with Crippen molar-refractivity contribution in [2.75, 3.05) is 18.0 Å². The number of esters is 1. The quantitative estimate of drug-likeness (QED) is 0.798. The van der Waals surface area contributed by atoms with Crippen molar-refractivity contribution >= 4 is 22.4 Å². The summed E-state index contributed by atoms with van der Waals surface area (Å²) in [6.07, 6.45) is -3.71. The number of hydrogen-bond acceptors (Lipinski definition) is 5. The van der Waals surface area contributed by atoms with E-state index in [-0.39, 0.29) is 31.1 Å². The molecule has 0 bridgehead atoms. The van der Waals surface area contributed by atoms with Crippen LogP contribution in [-0.2, 0) is 4.79 Å². The topological polar surface area (TPSA) is 42.4 Å². The average Bonchev–Trinajstić information content (AvgIpc) is 2.79. The summed E-state index contributed by atoms with van der Waals surface area (Å²) in [5, 5.41) is 0.618. The SMILES string of the molecule is CCC(=O)Oc1nc(N2CCC(C(F)(F)F)CC2)sc1C. The summed E-state index contributed by atoms with van der Waals surface area (Å²) in [5.41, 5.74) is 0. The van der Waals surface area contributed by atoms with Crippen LogP contribution in [0.3, 0.4) is 0 Å². The number of aromatic nitrogens is 1. The summed E-state index contributed by atoms with van der Waals surface area (Å²) in [6, 6.07) is 0. The zero-order valence-corrected chi connectivity index (χ0v) is 12.7. The number of carbonyl (C=O) groups is 1. The largest absolute Gasteiger partial charge is 0.406 e. The smallest absolute Gasteiger partial charge is 0.391 e. The molecular formula is C13H17F3N2O2S. The standard InChI is InChI=1S/C13H17F3N2O2S/c1-3-10(19)20-11-8(2)21-12(17-11)18-6-4-9(5-7-18)13(14,15)16/h9H,3-7H2,1-2H3. The van der Waals surface area contributed by atoms with Gasteiger partial charge in [-0.25, -0.2) is 0 Å². The number of carbonyl (C=O) groups excluding carboxylic acids is 1. The molecule has 0 N–H and O–H groups in total. The Labute approximate surface area is 124 Å². The van der Waals surface area contributed by atoms with Crippen LogP contribution in [-0.4, -0.2) is 30.2 Å². The fourth-order valence-corrected chi connectivity index (χ4v) is 3.07. The predicted octanol–water partition coefficient (Wildman–Crippen LogP) is 3.55. The van der Waals surface area contributed by atoms with E-state index in [1.165, 1.54) is 11.3 Å². The van der Waals surface area contributed by atoms with Crippen molar-refractivity contribution in [1.29, 1.82) is 0 Å². The van der Waals surface area contributed by atoms with Gasteiger partial charge in [0.25, 0.3) is 0 Å². The second-order valence-electron chi connectivity index (χ2n) is 4.99. The molecule has 0 saturated carbocycles. The number of rotatable bonds is 3. The van der Waals surface area contributed by atoms with Crippen molar-refractivity contribution in [3.8, 4) is 5.88 Å². The highest BCUT2D eigenvalue weighted by atomic mass is 32.1. The maximum absolute atomic E-state index is 12.6. The first kappa shape index (κ1) is 16.1. The Morgan fingerprint density at radius 3 is 2.57 bits per heavy atom. The Balaban J connectivity index is 2.01. The Morgan fingerprint density at radius 1 is 1.43 bits per heavy atom. The fourth-order valence-electron chi connectivity index (χ4n) is 2.18. The lowest BCUT2D eigenvalue weighted by atomic mass is 9.97. The molecule has 0 amide bonds. The molecular weight excluding hydrogens is 305 g/mol. The molecule has 118 valence electrons. The van der Waals surface area contributed by atoms with Gasteiger partial charge in [-0.05, 0) is 19.8 Å². The monoisotopic (exact) mass is 322 g/mol. The molecule has 2 rings (SSSR count). The number of alkyl halides is 3. The molecule has 1 aliphatic heterocycles. The van der Waals surface area contributed by atoms with Gasteiger partial charge in [-0.1, -0.05) is 18.3 Å². The summed E-state index contributed by atoms with van der Waals surface area (Å²) in [4.78, 5) is 18.1. The summed E-state index contributed by atoms with van der Waals surface area (Å²) in [5.74, 6) is -1.34. The molecule has 0 radical (unpaired) electrons. The van der Waals surface area contributed by atoms with E-state index in [1.807, 2.05) is 4.90 Å². The maximum atomic E-state index is 12.6. The summed E-state index contributed by atoms with van der Waals surface area (Å²) >= 11 is 1.34. The number of nitrogens with zero attached hydrogens (tertiary/aromatic N) is 2. The van der Waals surface area contributed by atoms with E-state index >= 15 is 0 Å². The molecule has 0 atom stereocenters. The Kier molecular flexibility index (Phi) is 4.75. The normalized spacial score (nSPS) is 17.1. The molecule has 0 spiro atoms. The van der Waals surface area contributed by atoms with Gasteiger partial charge in [-0.2, -0.15) is 18.2 Å². The van der Waals surface area contributed by atoms with E-state index in [4.69, 9.17) is 4.74 Å². The van der Waals surface area contributed by atoms with E-state index in [0.717, 1.165) is 4.88 Å². The van der Waals surface area contributed by atoms with E-state index in [0.29, 0.717) is 18.2 Å². The molecule has 2 heterocycles. The van der Waals surface area contributed by atoms with Gasteiger partial charge in [-0.3, -0.25) is 4.79 Å². The van der Waals surface area contributed by atoms with Crippen molar-refractivity contribution in [2.24, 2.45) is 5.92 Å². The first-order chi connectivity index (χ1) is 9.81. The first-order valence-electron chi connectivity index (χ1n) is 6.81. The van der Waals surface area contributed by atoms with Crippen LogP contribution < -0.4 is 9.64 Å². The Morgan fingerprint density at radius 2 is 2.05 bits per heavy atom. The summed E-state index contributed by atoms with van der Waals surface area (Å²) in [7, 11) is 0. The molecule has 1 fully saturated rings. The van der Waals surface area contributed by atoms with Crippen LogP contribution >= 0.6 is 11.3 Å². The minimum absolute atomic E-state index is 0.0756. The predicted molar refractivity (Wildman–Crippen MR) is 73.8 cm³/mol. The number of anilines is 1. The third-order valence-electron chi connectivity index (χ3n) is 3.47. The van der Waals surface area contributed by atoms with Gasteiger partial charge in [0.2, 0.25) is 5.88 Å². The number of thiazole rings is 1. The molecule has 8 heteroatoms. The summed E-state index contributed by atoms with van der Waals surface area (Å²) in [6.45, 7) is 4.10. The van der Waals surface area contributed by atoms with Crippen LogP contribution in [0.1, 0.15) is 31.1 Å². The van der Waals surface area contributed by atoms with Crippen LogP contribution in [0.25, 0.3) is 0 Å². The van der Waals surface area contributed by atoms with E-state index in [1.54, 1.807) is 13.8 Å². The van der Waals surface area contributed by atoms with Gasteiger partial charge in [0, 0.05) is 19.5 Å². The highest BCUT2D eigenvalue weighted by Crippen LogP contribution is 2.37. The van der Waals surface area contributed by atoms with Gasteiger partial charge in [0.05, 0.1) is 10.8 Å². The minimum atomic E-state index is -4.12. The Hall–Kier alpha value is -1.31. The Bertz CT molecular complexity index is 508. The number of halogens is 3. The van der Waals surface area contributed by atoms with Crippen LogP contribution in [0.4, 0.5) is 18.3 Å². The highest BCUT2D eigenvalue weighted by Gasteiger charge is 2.41. The zero-order valence-electron chi connectivity index (χ0n) is 11.9. The lowest BCUT2D eigenvalue weighted by Gasteiger charge is -2.32. The van der Waals surface area contributed by atoms with Crippen LogP contribution in [0.5, 0.6) is 5.88 Å². The minimum Gasteiger partial charge on any atom is -0.406 e. The molecule has 1 saturated heterocycles. The van der Waals surface area contributed by atoms with Crippen molar-refractivity contribution < 1.29 is 22.7 Å². The molecule has 1 aromatic rings. The van der Waals surface area contributed by atoms with Crippen molar-refractivity contribution in [3.05, 3.63) is 4.88 Å². The lowest BCUT2D eigenvalue weighted by Crippen LogP contribution is -2.38. The van der Waals surface area contributed by atoms with Crippen LogP contribution in [0.2, 0.25) is 0 Å². The molecule has 4 nitrogen and oxygen atoms in total. The number of hydrogen-bond donors (Lipinski definition) is 0. The third kappa shape index (κ3) is 3.87. The third-order valence-corrected chi connectivity index (χ3v) is 4.48. The summed E-state index contributed by atoms with van der Waals surface area (Å²) < 4.78 is 43.0. The van der Waals surface area contributed by atoms with Gasteiger partial charge >= 0.3 is 12.1 Å². The second-order valence-corrected chi connectivity index (χ2v) is 6.17. The first-order valence-corrected chi connectivity index (χ1v) is 7.62. The average molecular weight is 322 g/mol.